The molecule has 2 N–H and O–H groups in total. The molecule has 1 saturated heterocycles. The normalized spacial score (nSPS) is 16.2. The quantitative estimate of drug-likeness (QED) is 0.776. The third-order valence-corrected chi connectivity index (χ3v) is 5.59. The number of piperazine rings is 1. The van der Waals surface area contributed by atoms with Crippen LogP contribution >= 0.6 is 11.3 Å². The number of hydrogen-bond acceptors (Lipinski definition) is 5. The van der Waals surface area contributed by atoms with Gasteiger partial charge in [-0.05, 0) is 38.6 Å². The molecule has 0 saturated carbocycles. The summed E-state index contributed by atoms with van der Waals surface area (Å²) in [5.41, 5.74) is 1.05. The Balaban J connectivity index is 1.48. The lowest BCUT2D eigenvalue weighted by atomic mass is 10.2. The number of benzene rings is 1. The van der Waals surface area contributed by atoms with E-state index >= 15 is 0 Å². The highest BCUT2D eigenvalue weighted by Gasteiger charge is 2.23. The van der Waals surface area contributed by atoms with Gasteiger partial charge in [0.15, 0.2) is 5.13 Å². The van der Waals surface area contributed by atoms with Gasteiger partial charge in [-0.2, -0.15) is 0 Å². The Bertz CT molecular complexity index is 663. The minimum absolute atomic E-state index is 0.0490. The zero-order chi connectivity index (χ0) is 17.6. The van der Waals surface area contributed by atoms with Gasteiger partial charge in [0.1, 0.15) is 0 Å². The summed E-state index contributed by atoms with van der Waals surface area (Å²) in [6.45, 7) is 9.19. The molecule has 2 amide bonds. The molecular weight excluding hydrogens is 334 g/mol. The fourth-order valence-electron chi connectivity index (χ4n) is 2.97. The Morgan fingerprint density at radius 2 is 2.04 bits per heavy atom. The van der Waals surface area contributed by atoms with Crippen molar-refractivity contribution in [1.82, 2.24) is 20.5 Å². The second-order valence-corrected chi connectivity index (χ2v) is 7.44. The molecule has 1 unspecified atom stereocenters. The van der Waals surface area contributed by atoms with Gasteiger partial charge in [-0.1, -0.05) is 30.4 Å². The van der Waals surface area contributed by atoms with E-state index in [4.69, 9.17) is 4.98 Å². The average molecular weight is 362 g/mol. The Morgan fingerprint density at radius 3 is 2.76 bits per heavy atom. The van der Waals surface area contributed by atoms with Crippen LogP contribution in [0.2, 0.25) is 0 Å². The van der Waals surface area contributed by atoms with Gasteiger partial charge in [-0.25, -0.2) is 9.78 Å². The zero-order valence-corrected chi connectivity index (χ0v) is 15.8. The maximum absolute atomic E-state index is 12.4. The number of nitrogens with zero attached hydrogens (tertiary/aromatic N) is 3. The van der Waals surface area contributed by atoms with E-state index in [1.54, 1.807) is 11.3 Å². The molecule has 1 aliphatic heterocycles. The van der Waals surface area contributed by atoms with Gasteiger partial charge in [0.25, 0.3) is 0 Å². The topological polar surface area (TPSA) is 60.5 Å². The number of carbonyl (C=O) groups excluding carboxylic acids is 1. The molecule has 1 aromatic carbocycles. The molecule has 0 bridgehead atoms. The van der Waals surface area contributed by atoms with Crippen molar-refractivity contribution < 1.29 is 4.79 Å². The summed E-state index contributed by atoms with van der Waals surface area (Å²) in [5, 5.41) is 7.45. The minimum atomic E-state index is 0.0490. The SMILES string of the molecule is CCNCCC(C)NC(=O)N1CCN(c2nc3ccccc3s2)CC1. The first-order valence-corrected chi connectivity index (χ1v) is 9.85. The van der Waals surface area contributed by atoms with Crippen LogP contribution in [0.15, 0.2) is 24.3 Å². The summed E-state index contributed by atoms with van der Waals surface area (Å²) in [4.78, 5) is 21.3. The standard InChI is InChI=1S/C18H27N5OS/c1-3-19-9-8-14(2)20-17(24)22-10-12-23(13-11-22)18-21-15-6-4-5-7-16(15)25-18/h4-7,14,19H,3,8-13H2,1-2H3,(H,20,24). The van der Waals surface area contributed by atoms with Gasteiger partial charge >= 0.3 is 6.03 Å². The van der Waals surface area contributed by atoms with Crippen LogP contribution in [0.3, 0.4) is 0 Å². The molecule has 0 aliphatic carbocycles. The molecule has 25 heavy (non-hydrogen) atoms. The van der Waals surface area contributed by atoms with Crippen molar-refractivity contribution in [2.24, 2.45) is 0 Å². The monoisotopic (exact) mass is 361 g/mol. The lowest BCUT2D eigenvalue weighted by Gasteiger charge is -2.35. The van der Waals surface area contributed by atoms with Crippen LogP contribution in [0, 0.1) is 0 Å². The number of nitrogens with one attached hydrogen (secondary N) is 2. The van der Waals surface area contributed by atoms with Gasteiger partial charge in [-0.15, -0.1) is 0 Å². The lowest BCUT2D eigenvalue weighted by Crippen LogP contribution is -2.53. The van der Waals surface area contributed by atoms with E-state index in [1.165, 1.54) is 4.70 Å². The lowest BCUT2D eigenvalue weighted by molar-refractivity contribution is 0.190. The van der Waals surface area contributed by atoms with E-state index < -0.39 is 0 Å². The average Bonchev–Trinajstić information content (AvgIpc) is 3.06. The van der Waals surface area contributed by atoms with Gasteiger partial charge in [0.2, 0.25) is 0 Å². The van der Waals surface area contributed by atoms with Crippen molar-refractivity contribution in [2.45, 2.75) is 26.3 Å². The molecule has 2 aromatic rings. The van der Waals surface area contributed by atoms with Crippen LogP contribution in [-0.2, 0) is 0 Å². The maximum Gasteiger partial charge on any atom is 0.317 e. The largest absolute Gasteiger partial charge is 0.345 e. The molecule has 0 radical (unpaired) electrons. The fourth-order valence-corrected chi connectivity index (χ4v) is 3.98. The van der Waals surface area contributed by atoms with E-state index in [9.17, 15) is 4.79 Å². The molecule has 1 fully saturated rings. The highest BCUT2D eigenvalue weighted by atomic mass is 32.1. The Kier molecular flexibility index (Phi) is 6.09. The van der Waals surface area contributed by atoms with Crippen LogP contribution in [0.4, 0.5) is 9.93 Å². The first-order valence-electron chi connectivity index (χ1n) is 9.04. The van der Waals surface area contributed by atoms with E-state index in [1.807, 2.05) is 23.1 Å². The number of hydrogen-bond donors (Lipinski definition) is 2. The van der Waals surface area contributed by atoms with Gasteiger partial charge < -0.3 is 20.4 Å². The van der Waals surface area contributed by atoms with E-state index in [0.29, 0.717) is 0 Å². The summed E-state index contributed by atoms with van der Waals surface area (Å²) < 4.78 is 1.21. The fraction of sp³-hybridized carbons (Fsp3) is 0.556. The van der Waals surface area contributed by atoms with Crippen LogP contribution in [-0.4, -0.2) is 61.2 Å². The second-order valence-electron chi connectivity index (χ2n) is 6.43. The number of amides is 2. The number of carbonyl (C=O) groups is 1. The van der Waals surface area contributed by atoms with Crippen molar-refractivity contribution >= 4 is 32.7 Å². The minimum Gasteiger partial charge on any atom is -0.345 e. The van der Waals surface area contributed by atoms with Crippen LogP contribution in [0.1, 0.15) is 20.3 Å². The number of fused-ring (bicyclic) bond motifs is 1. The zero-order valence-electron chi connectivity index (χ0n) is 15.0. The van der Waals surface area contributed by atoms with Gasteiger partial charge in [-0.3, -0.25) is 0 Å². The summed E-state index contributed by atoms with van der Waals surface area (Å²) in [6, 6.07) is 8.46. The van der Waals surface area contributed by atoms with Crippen molar-refractivity contribution in [3.05, 3.63) is 24.3 Å². The third-order valence-electron chi connectivity index (χ3n) is 4.49. The molecule has 6 nitrogen and oxygen atoms in total. The number of thiazole rings is 1. The van der Waals surface area contributed by atoms with Gasteiger partial charge in [0, 0.05) is 32.2 Å². The number of anilines is 1. The Morgan fingerprint density at radius 1 is 1.28 bits per heavy atom. The number of urea groups is 1. The smallest absolute Gasteiger partial charge is 0.317 e. The molecular formula is C18H27N5OS. The molecule has 136 valence electrons. The molecule has 1 aromatic heterocycles. The molecule has 2 heterocycles. The third kappa shape index (κ3) is 4.61. The van der Waals surface area contributed by atoms with E-state index in [0.717, 1.165) is 56.3 Å². The van der Waals surface area contributed by atoms with Crippen molar-refractivity contribution in [1.29, 1.82) is 0 Å². The molecule has 3 rings (SSSR count). The van der Waals surface area contributed by atoms with E-state index in [2.05, 4.69) is 35.4 Å². The predicted octanol–water partition coefficient (Wildman–Crippen LogP) is 2.52. The molecule has 1 atom stereocenters. The van der Waals surface area contributed by atoms with E-state index in [-0.39, 0.29) is 12.1 Å². The first-order chi connectivity index (χ1) is 12.2. The predicted molar refractivity (Wildman–Crippen MR) is 105 cm³/mol. The summed E-state index contributed by atoms with van der Waals surface area (Å²) in [5.74, 6) is 0. The van der Waals surface area contributed by atoms with Crippen molar-refractivity contribution in [3.63, 3.8) is 0 Å². The van der Waals surface area contributed by atoms with Crippen LogP contribution in [0.5, 0.6) is 0 Å². The molecule has 1 aliphatic rings. The molecule has 0 spiro atoms. The summed E-state index contributed by atoms with van der Waals surface area (Å²) in [6.07, 6.45) is 0.950. The highest BCUT2D eigenvalue weighted by Crippen LogP contribution is 2.29. The van der Waals surface area contributed by atoms with Gasteiger partial charge in [0.05, 0.1) is 10.2 Å². The second kappa shape index (κ2) is 8.49. The number of para-hydroxylation sites is 1. The Labute approximate surface area is 153 Å². The van der Waals surface area contributed by atoms with Crippen molar-refractivity contribution in [2.75, 3.05) is 44.2 Å². The van der Waals surface area contributed by atoms with Crippen LogP contribution in [0.25, 0.3) is 10.2 Å². The van der Waals surface area contributed by atoms with Crippen LogP contribution < -0.4 is 15.5 Å². The highest BCUT2D eigenvalue weighted by molar-refractivity contribution is 7.22. The first kappa shape index (κ1) is 17.9. The van der Waals surface area contributed by atoms with Crippen molar-refractivity contribution in [3.8, 4) is 0 Å². The maximum atomic E-state index is 12.4. The Hall–Kier alpha value is -1.86. The molecule has 7 heteroatoms. The summed E-state index contributed by atoms with van der Waals surface area (Å²) >= 11 is 1.72. The number of rotatable bonds is 6. The summed E-state index contributed by atoms with van der Waals surface area (Å²) in [7, 11) is 0. The number of aromatic nitrogens is 1.